The number of unbranched alkanes of at least 4 members (excludes halogenated alkanes) is 3. The van der Waals surface area contributed by atoms with Gasteiger partial charge in [0.2, 0.25) is 5.91 Å². The average molecular weight is 392 g/mol. The van der Waals surface area contributed by atoms with Crippen molar-refractivity contribution in [2.45, 2.75) is 96.7 Å². The Kier molecular flexibility index (Phi) is 9.73. The van der Waals surface area contributed by atoms with Crippen LogP contribution in [-0.2, 0) is 4.79 Å². The summed E-state index contributed by atoms with van der Waals surface area (Å²) in [6, 6.07) is 0. The van der Waals surface area contributed by atoms with Crippen LogP contribution < -0.4 is 5.73 Å². The monoisotopic (exact) mass is 391 g/mol. The van der Waals surface area contributed by atoms with Gasteiger partial charge in [0.1, 0.15) is 0 Å². The molecule has 0 saturated heterocycles. The van der Waals surface area contributed by atoms with Gasteiger partial charge in [-0.25, -0.2) is 0 Å². The fourth-order valence-electron chi connectivity index (χ4n) is 5.04. The summed E-state index contributed by atoms with van der Waals surface area (Å²) in [6.07, 6.45) is 16.6. The molecule has 1 amide bonds. The molecule has 4 N–H and O–H groups in total. The highest BCUT2D eigenvalue weighted by atomic mass is 16.3. The number of aliphatic hydroxyl groups is 2. The molecule has 28 heavy (non-hydrogen) atoms. The lowest BCUT2D eigenvalue weighted by Gasteiger charge is -2.19. The van der Waals surface area contributed by atoms with Gasteiger partial charge in [0.15, 0.2) is 0 Å². The van der Waals surface area contributed by atoms with Crippen molar-refractivity contribution >= 4 is 5.91 Å². The topological polar surface area (TPSA) is 83.5 Å². The molecule has 0 spiro atoms. The second-order valence-corrected chi connectivity index (χ2v) is 9.20. The van der Waals surface area contributed by atoms with E-state index in [0.717, 1.165) is 44.9 Å². The molecule has 0 radical (unpaired) electrons. The molecular weight excluding hydrogens is 350 g/mol. The Morgan fingerprint density at radius 3 is 2.82 bits per heavy atom. The number of fused-ring (bicyclic) bond motifs is 1. The molecule has 0 aromatic rings. The number of nitrogens with two attached hydrogens (primary N) is 1. The Labute approximate surface area is 171 Å². The quantitative estimate of drug-likeness (QED) is 0.319. The van der Waals surface area contributed by atoms with Crippen LogP contribution in [0.4, 0.5) is 0 Å². The molecule has 4 heteroatoms. The fraction of sp³-hybridized carbons (Fsp3) is 0.792. The van der Waals surface area contributed by atoms with E-state index < -0.39 is 6.10 Å². The Morgan fingerprint density at radius 2 is 2.11 bits per heavy atom. The first kappa shape index (κ1) is 23.2. The SMILES string of the molecule is CCCC[C@H](C)C[C@H](O)C=C[C@@H]1[C@H]2CC(CCCCCC(N)=O)=C[C@H]2C[C@H]1O. The number of primary amides is 1. The van der Waals surface area contributed by atoms with Crippen LogP contribution in [0.15, 0.2) is 23.8 Å². The molecule has 0 aromatic heterocycles. The molecular formula is C24H41NO3. The minimum Gasteiger partial charge on any atom is -0.392 e. The molecule has 0 aromatic carbocycles. The first-order valence-electron chi connectivity index (χ1n) is 11.4. The Hall–Kier alpha value is -1.13. The molecule has 2 rings (SSSR count). The van der Waals surface area contributed by atoms with E-state index in [4.69, 9.17) is 5.73 Å². The second kappa shape index (κ2) is 11.8. The Morgan fingerprint density at radius 1 is 1.32 bits per heavy atom. The van der Waals surface area contributed by atoms with Crippen LogP contribution >= 0.6 is 0 Å². The maximum absolute atomic E-state index is 10.8. The van der Waals surface area contributed by atoms with Crippen LogP contribution in [0.3, 0.4) is 0 Å². The van der Waals surface area contributed by atoms with Crippen LogP contribution in [0.25, 0.3) is 0 Å². The third-order valence-electron chi connectivity index (χ3n) is 6.62. The molecule has 1 fully saturated rings. The van der Waals surface area contributed by atoms with Gasteiger partial charge in [-0.05, 0) is 56.3 Å². The van der Waals surface area contributed by atoms with Gasteiger partial charge in [-0.3, -0.25) is 4.79 Å². The zero-order valence-electron chi connectivity index (χ0n) is 17.9. The van der Waals surface area contributed by atoms with Crippen LogP contribution in [-0.4, -0.2) is 28.3 Å². The molecule has 0 heterocycles. The third-order valence-corrected chi connectivity index (χ3v) is 6.62. The lowest BCUT2D eigenvalue weighted by molar-refractivity contribution is -0.118. The van der Waals surface area contributed by atoms with Crippen LogP contribution in [0, 0.1) is 23.7 Å². The predicted molar refractivity (Wildman–Crippen MR) is 115 cm³/mol. The number of carbonyl (C=O) groups excluding carboxylic acids is 1. The van der Waals surface area contributed by atoms with Crippen molar-refractivity contribution in [3.05, 3.63) is 23.8 Å². The van der Waals surface area contributed by atoms with Gasteiger partial charge in [0.05, 0.1) is 12.2 Å². The summed E-state index contributed by atoms with van der Waals surface area (Å²) < 4.78 is 0. The van der Waals surface area contributed by atoms with E-state index in [-0.39, 0.29) is 17.9 Å². The van der Waals surface area contributed by atoms with E-state index in [1.165, 1.54) is 24.8 Å². The summed E-state index contributed by atoms with van der Waals surface area (Å²) in [7, 11) is 0. The number of allylic oxidation sites excluding steroid dienone is 2. The molecule has 2 aliphatic carbocycles. The summed E-state index contributed by atoms with van der Waals surface area (Å²) in [5, 5.41) is 20.8. The average Bonchev–Trinajstić information content (AvgIpc) is 3.14. The number of hydrogen-bond acceptors (Lipinski definition) is 3. The Balaban J connectivity index is 1.76. The van der Waals surface area contributed by atoms with Crippen LogP contribution in [0.5, 0.6) is 0 Å². The first-order valence-corrected chi connectivity index (χ1v) is 11.4. The maximum atomic E-state index is 10.8. The molecule has 4 nitrogen and oxygen atoms in total. The van der Waals surface area contributed by atoms with Crippen molar-refractivity contribution in [1.29, 1.82) is 0 Å². The first-order chi connectivity index (χ1) is 13.4. The summed E-state index contributed by atoms with van der Waals surface area (Å²) in [5.41, 5.74) is 6.69. The van der Waals surface area contributed by atoms with Gasteiger partial charge in [-0.2, -0.15) is 0 Å². The molecule has 2 aliphatic rings. The minimum atomic E-state index is -0.405. The van der Waals surface area contributed by atoms with E-state index in [9.17, 15) is 15.0 Å². The van der Waals surface area contributed by atoms with Crippen molar-refractivity contribution in [3.8, 4) is 0 Å². The van der Waals surface area contributed by atoms with Gasteiger partial charge < -0.3 is 15.9 Å². The lowest BCUT2D eigenvalue weighted by Crippen LogP contribution is -2.18. The summed E-state index contributed by atoms with van der Waals surface area (Å²) in [5.74, 6) is 1.45. The molecule has 0 unspecified atom stereocenters. The summed E-state index contributed by atoms with van der Waals surface area (Å²) in [6.45, 7) is 4.41. The number of rotatable bonds is 13. The fourth-order valence-corrected chi connectivity index (χ4v) is 5.04. The zero-order chi connectivity index (χ0) is 20.5. The number of aliphatic hydroxyl groups excluding tert-OH is 2. The van der Waals surface area contributed by atoms with Gasteiger partial charge >= 0.3 is 0 Å². The minimum absolute atomic E-state index is 0.161. The molecule has 6 atom stereocenters. The number of amides is 1. The predicted octanol–water partition coefficient (Wildman–Crippen LogP) is 4.50. The van der Waals surface area contributed by atoms with Crippen LogP contribution in [0.2, 0.25) is 0 Å². The lowest BCUT2D eigenvalue weighted by atomic mass is 9.88. The van der Waals surface area contributed by atoms with Gasteiger partial charge in [-0.15, -0.1) is 0 Å². The van der Waals surface area contributed by atoms with Gasteiger partial charge in [-0.1, -0.05) is 63.3 Å². The van der Waals surface area contributed by atoms with Crippen molar-refractivity contribution < 1.29 is 15.0 Å². The summed E-state index contributed by atoms with van der Waals surface area (Å²) >= 11 is 0. The molecule has 1 saturated carbocycles. The van der Waals surface area contributed by atoms with E-state index in [1.807, 2.05) is 6.08 Å². The zero-order valence-corrected chi connectivity index (χ0v) is 17.9. The molecule has 0 bridgehead atoms. The van der Waals surface area contributed by atoms with E-state index in [2.05, 4.69) is 26.0 Å². The number of hydrogen-bond donors (Lipinski definition) is 3. The number of carbonyl (C=O) groups is 1. The van der Waals surface area contributed by atoms with E-state index >= 15 is 0 Å². The van der Waals surface area contributed by atoms with Crippen molar-refractivity contribution in [1.82, 2.24) is 0 Å². The molecule has 160 valence electrons. The largest absolute Gasteiger partial charge is 0.392 e. The van der Waals surface area contributed by atoms with Crippen LogP contribution in [0.1, 0.15) is 84.5 Å². The van der Waals surface area contributed by atoms with Crippen molar-refractivity contribution in [3.63, 3.8) is 0 Å². The highest BCUT2D eigenvalue weighted by Gasteiger charge is 2.43. The highest BCUT2D eigenvalue weighted by molar-refractivity contribution is 5.73. The normalized spacial score (nSPS) is 29.1. The highest BCUT2D eigenvalue weighted by Crippen LogP contribution is 2.48. The van der Waals surface area contributed by atoms with E-state index in [1.54, 1.807) is 0 Å². The summed E-state index contributed by atoms with van der Waals surface area (Å²) in [4.78, 5) is 10.8. The van der Waals surface area contributed by atoms with Gasteiger partial charge in [0.25, 0.3) is 0 Å². The standard InChI is InChI=1S/C24H41NO3/c1-3-4-8-17(2)13-20(26)11-12-21-22-15-18(14-19(22)16-23(21)27)9-6-5-7-10-24(25)28/h11-12,14,17,19-23,26-27H,3-10,13,15-16H2,1-2H3,(H2,25,28)/t17-,19-,20+,21+,22-,23+/m0/s1. The smallest absolute Gasteiger partial charge is 0.217 e. The van der Waals surface area contributed by atoms with E-state index in [0.29, 0.717) is 24.2 Å². The van der Waals surface area contributed by atoms with Gasteiger partial charge in [0, 0.05) is 12.3 Å². The second-order valence-electron chi connectivity index (χ2n) is 9.20. The molecule has 0 aliphatic heterocycles. The Bertz CT molecular complexity index is 542. The third kappa shape index (κ3) is 7.36. The van der Waals surface area contributed by atoms with Crippen molar-refractivity contribution in [2.75, 3.05) is 0 Å². The van der Waals surface area contributed by atoms with Crippen molar-refractivity contribution in [2.24, 2.45) is 29.4 Å². The maximum Gasteiger partial charge on any atom is 0.217 e.